The van der Waals surface area contributed by atoms with Gasteiger partial charge in [0, 0.05) is 16.4 Å². The molecule has 0 aromatic carbocycles. The van der Waals surface area contributed by atoms with Gasteiger partial charge in [-0.05, 0) is 28.4 Å². The number of carbonyl (C=O) groups is 1. The Morgan fingerprint density at radius 1 is 1.61 bits per heavy atom. The SMILES string of the molecule is CCCn1ncc(OC)c1C(=O)c1cc(Br)cs1. The van der Waals surface area contributed by atoms with Gasteiger partial charge in [0.15, 0.2) is 11.4 Å². The lowest BCUT2D eigenvalue weighted by Gasteiger charge is -2.05. The van der Waals surface area contributed by atoms with E-state index >= 15 is 0 Å². The van der Waals surface area contributed by atoms with Gasteiger partial charge in [0.05, 0.1) is 18.2 Å². The first-order valence-electron chi connectivity index (χ1n) is 5.56. The maximum Gasteiger partial charge on any atom is 0.224 e. The van der Waals surface area contributed by atoms with Crippen LogP contribution in [0.4, 0.5) is 0 Å². The van der Waals surface area contributed by atoms with Gasteiger partial charge >= 0.3 is 0 Å². The zero-order valence-electron chi connectivity index (χ0n) is 10.1. The number of thiophene rings is 1. The number of ketones is 1. The van der Waals surface area contributed by atoms with Crippen molar-refractivity contribution in [3.63, 3.8) is 0 Å². The van der Waals surface area contributed by atoms with Crippen molar-refractivity contribution in [2.45, 2.75) is 19.9 Å². The number of nitrogens with zero attached hydrogens (tertiary/aromatic N) is 2. The lowest BCUT2D eigenvalue weighted by atomic mass is 10.2. The molecule has 0 radical (unpaired) electrons. The number of carbonyl (C=O) groups excluding carboxylic acids is 1. The summed E-state index contributed by atoms with van der Waals surface area (Å²) in [6.45, 7) is 2.75. The molecule has 2 aromatic heterocycles. The number of aryl methyl sites for hydroxylation is 1. The molecule has 0 N–H and O–H groups in total. The monoisotopic (exact) mass is 328 g/mol. The molecule has 0 fully saturated rings. The molecule has 0 amide bonds. The molecular weight excluding hydrogens is 316 g/mol. The molecule has 2 rings (SSSR count). The minimum atomic E-state index is -0.0477. The standard InChI is InChI=1S/C12H13BrN2O2S/c1-3-4-15-11(9(17-2)6-14-15)12(16)10-5-8(13)7-18-10/h5-7H,3-4H2,1-2H3. The second-order valence-electron chi connectivity index (χ2n) is 3.74. The van der Waals surface area contributed by atoms with E-state index in [9.17, 15) is 4.79 Å². The summed E-state index contributed by atoms with van der Waals surface area (Å²) in [5, 5.41) is 6.08. The fourth-order valence-electron chi connectivity index (χ4n) is 1.68. The van der Waals surface area contributed by atoms with Gasteiger partial charge in [-0.3, -0.25) is 9.48 Å². The van der Waals surface area contributed by atoms with E-state index in [1.54, 1.807) is 18.0 Å². The van der Waals surface area contributed by atoms with E-state index in [4.69, 9.17) is 4.74 Å². The number of hydrogen-bond donors (Lipinski definition) is 0. The van der Waals surface area contributed by atoms with Crippen molar-refractivity contribution in [2.75, 3.05) is 7.11 Å². The van der Waals surface area contributed by atoms with Gasteiger partial charge in [0.1, 0.15) is 0 Å². The maximum absolute atomic E-state index is 12.4. The van der Waals surface area contributed by atoms with Crippen molar-refractivity contribution in [3.05, 3.63) is 32.7 Å². The van der Waals surface area contributed by atoms with Crippen LogP contribution in [0.5, 0.6) is 5.75 Å². The van der Waals surface area contributed by atoms with Crippen LogP contribution in [0.2, 0.25) is 0 Å². The highest BCUT2D eigenvalue weighted by atomic mass is 79.9. The number of ether oxygens (including phenoxy) is 1. The Balaban J connectivity index is 2.42. The highest BCUT2D eigenvalue weighted by Gasteiger charge is 2.21. The van der Waals surface area contributed by atoms with E-state index < -0.39 is 0 Å². The van der Waals surface area contributed by atoms with Crippen molar-refractivity contribution in [3.8, 4) is 5.75 Å². The summed E-state index contributed by atoms with van der Waals surface area (Å²) in [6.07, 6.45) is 2.50. The summed E-state index contributed by atoms with van der Waals surface area (Å²) in [6, 6.07) is 1.82. The second kappa shape index (κ2) is 5.67. The fraction of sp³-hybridized carbons (Fsp3) is 0.333. The zero-order chi connectivity index (χ0) is 13.1. The van der Waals surface area contributed by atoms with E-state index in [2.05, 4.69) is 21.0 Å². The molecule has 0 saturated heterocycles. The fourth-order valence-corrected chi connectivity index (χ4v) is 3.04. The molecule has 0 saturated carbocycles. The quantitative estimate of drug-likeness (QED) is 0.790. The Morgan fingerprint density at radius 3 is 2.94 bits per heavy atom. The average Bonchev–Trinajstić information content (AvgIpc) is 2.95. The van der Waals surface area contributed by atoms with Gasteiger partial charge in [-0.2, -0.15) is 5.10 Å². The Morgan fingerprint density at radius 2 is 2.39 bits per heavy atom. The molecule has 2 heterocycles. The average molecular weight is 329 g/mol. The Kier molecular flexibility index (Phi) is 4.19. The first-order chi connectivity index (χ1) is 8.67. The second-order valence-corrected chi connectivity index (χ2v) is 5.57. The molecule has 0 spiro atoms. The highest BCUT2D eigenvalue weighted by molar-refractivity contribution is 9.10. The van der Waals surface area contributed by atoms with Crippen molar-refractivity contribution in [1.82, 2.24) is 9.78 Å². The van der Waals surface area contributed by atoms with Crippen LogP contribution in [0.25, 0.3) is 0 Å². The van der Waals surface area contributed by atoms with Crippen LogP contribution < -0.4 is 4.74 Å². The summed E-state index contributed by atoms with van der Waals surface area (Å²) < 4.78 is 7.83. The topological polar surface area (TPSA) is 44.1 Å². The summed E-state index contributed by atoms with van der Waals surface area (Å²) in [7, 11) is 1.55. The van der Waals surface area contributed by atoms with E-state index in [1.807, 2.05) is 18.4 Å². The molecule has 18 heavy (non-hydrogen) atoms. The molecule has 0 aliphatic rings. The van der Waals surface area contributed by atoms with E-state index in [0.717, 1.165) is 10.9 Å². The third-order valence-corrected chi connectivity index (χ3v) is 4.16. The number of aromatic nitrogens is 2. The van der Waals surface area contributed by atoms with Crippen LogP contribution in [0, 0.1) is 0 Å². The van der Waals surface area contributed by atoms with Crippen LogP contribution in [0.15, 0.2) is 22.1 Å². The normalized spacial score (nSPS) is 10.6. The van der Waals surface area contributed by atoms with Crippen LogP contribution in [0.1, 0.15) is 28.7 Å². The van der Waals surface area contributed by atoms with E-state index in [0.29, 0.717) is 22.9 Å². The first-order valence-corrected chi connectivity index (χ1v) is 7.23. The predicted molar refractivity (Wildman–Crippen MR) is 74.5 cm³/mol. The van der Waals surface area contributed by atoms with Crippen molar-refractivity contribution in [1.29, 1.82) is 0 Å². The minimum Gasteiger partial charge on any atom is -0.493 e. The van der Waals surface area contributed by atoms with Gasteiger partial charge < -0.3 is 4.74 Å². The zero-order valence-corrected chi connectivity index (χ0v) is 12.5. The van der Waals surface area contributed by atoms with Gasteiger partial charge in [-0.1, -0.05) is 6.92 Å². The summed E-state index contributed by atoms with van der Waals surface area (Å²) in [4.78, 5) is 13.1. The smallest absolute Gasteiger partial charge is 0.224 e. The minimum absolute atomic E-state index is 0.0477. The number of methoxy groups -OCH3 is 1. The molecule has 0 atom stereocenters. The van der Waals surface area contributed by atoms with Gasteiger partial charge in [0.25, 0.3) is 0 Å². The molecular formula is C12H13BrN2O2S. The third-order valence-electron chi connectivity index (χ3n) is 2.47. The molecule has 6 heteroatoms. The van der Waals surface area contributed by atoms with Crippen LogP contribution in [0.3, 0.4) is 0 Å². The van der Waals surface area contributed by atoms with Gasteiger partial charge in [-0.25, -0.2) is 0 Å². The molecule has 4 nitrogen and oxygen atoms in total. The predicted octanol–water partition coefficient (Wildman–Crippen LogP) is 3.36. The van der Waals surface area contributed by atoms with Gasteiger partial charge in [-0.15, -0.1) is 11.3 Å². The van der Waals surface area contributed by atoms with Crippen molar-refractivity contribution < 1.29 is 9.53 Å². The lowest BCUT2D eigenvalue weighted by Crippen LogP contribution is -2.11. The molecule has 0 aliphatic heterocycles. The molecule has 0 bridgehead atoms. The molecule has 2 aromatic rings. The van der Waals surface area contributed by atoms with E-state index in [-0.39, 0.29) is 5.78 Å². The van der Waals surface area contributed by atoms with E-state index in [1.165, 1.54) is 11.3 Å². The summed E-state index contributed by atoms with van der Waals surface area (Å²) >= 11 is 4.76. The maximum atomic E-state index is 12.4. The number of rotatable bonds is 5. The Bertz CT molecular complexity index is 562. The Hall–Kier alpha value is -1.14. The summed E-state index contributed by atoms with van der Waals surface area (Å²) in [5.74, 6) is 0.478. The third kappa shape index (κ3) is 2.49. The molecule has 96 valence electrons. The number of hydrogen-bond acceptors (Lipinski definition) is 4. The van der Waals surface area contributed by atoms with Crippen molar-refractivity contribution >= 4 is 33.0 Å². The van der Waals surface area contributed by atoms with Gasteiger partial charge in [0.2, 0.25) is 5.78 Å². The molecule has 0 unspecified atom stereocenters. The lowest BCUT2D eigenvalue weighted by molar-refractivity contribution is 0.102. The largest absolute Gasteiger partial charge is 0.493 e. The highest BCUT2D eigenvalue weighted by Crippen LogP contribution is 2.26. The van der Waals surface area contributed by atoms with Crippen LogP contribution >= 0.6 is 27.3 Å². The Labute approximate surface area is 118 Å². The van der Waals surface area contributed by atoms with Crippen LogP contribution in [-0.2, 0) is 6.54 Å². The first kappa shape index (κ1) is 13.3. The van der Waals surface area contributed by atoms with Crippen molar-refractivity contribution in [2.24, 2.45) is 0 Å². The number of halogens is 1. The van der Waals surface area contributed by atoms with Crippen LogP contribution in [-0.4, -0.2) is 22.7 Å². The molecule has 0 aliphatic carbocycles. The summed E-state index contributed by atoms with van der Waals surface area (Å²) in [5.41, 5.74) is 0.522.